The van der Waals surface area contributed by atoms with Crippen molar-refractivity contribution >= 4 is 18.0 Å². The molecule has 2 heterocycles. The number of halogens is 1. The van der Waals surface area contributed by atoms with Crippen LogP contribution in [0.2, 0.25) is 0 Å². The Kier molecular flexibility index (Phi) is 5.20. The number of piperidine rings is 1. The maximum Gasteiger partial charge on any atom is 0.0290 e. The molecule has 0 saturated carbocycles. The van der Waals surface area contributed by atoms with Crippen molar-refractivity contribution in [1.29, 1.82) is 0 Å². The monoisotopic (exact) mass is 325 g/mol. The lowest BCUT2D eigenvalue weighted by Crippen LogP contribution is -2.47. The van der Waals surface area contributed by atoms with Crippen molar-refractivity contribution in [2.24, 2.45) is 0 Å². The van der Waals surface area contributed by atoms with Crippen molar-refractivity contribution in [2.45, 2.75) is 44.3 Å². The van der Waals surface area contributed by atoms with E-state index in [9.17, 15) is 0 Å². The Hall–Kier alpha value is -1.57. The van der Waals surface area contributed by atoms with Crippen molar-refractivity contribution in [1.82, 2.24) is 4.90 Å². The first-order valence-electron chi connectivity index (χ1n) is 8.46. The van der Waals surface area contributed by atoms with Gasteiger partial charge in [-0.05, 0) is 36.0 Å². The molecule has 2 aliphatic heterocycles. The molecule has 1 saturated heterocycles. The molecule has 0 amide bonds. The zero-order chi connectivity index (χ0) is 14.8. The highest BCUT2D eigenvalue weighted by molar-refractivity contribution is 5.85. The van der Waals surface area contributed by atoms with Crippen molar-refractivity contribution in [3.05, 3.63) is 77.9 Å². The van der Waals surface area contributed by atoms with Gasteiger partial charge in [0.15, 0.2) is 0 Å². The van der Waals surface area contributed by atoms with Crippen LogP contribution in [0.3, 0.4) is 0 Å². The fourth-order valence-electron chi connectivity index (χ4n) is 4.02. The maximum absolute atomic E-state index is 2.73. The first-order valence-corrected chi connectivity index (χ1v) is 8.46. The Morgan fingerprint density at radius 1 is 0.870 bits per heavy atom. The molecule has 2 aromatic rings. The minimum atomic E-state index is 0. The number of hydrogen-bond acceptors (Lipinski definition) is 1. The second-order valence-corrected chi connectivity index (χ2v) is 6.57. The van der Waals surface area contributed by atoms with Crippen LogP contribution in [0.5, 0.6) is 0 Å². The van der Waals surface area contributed by atoms with Crippen LogP contribution >= 0.6 is 12.4 Å². The second-order valence-electron chi connectivity index (χ2n) is 6.57. The Bertz CT molecular complexity index is 650. The molecule has 0 spiro atoms. The molecular weight excluding hydrogens is 302 g/mol. The van der Waals surface area contributed by atoms with Gasteiger partial charge in [-0.3, -0.25) is 4.90 Å². The summed E-state index contributed by atoms with van der Waals surface area (Å²) in [5, 5.41) is 0. The molecule has 120 valence electrons. The Morgan fingerprint density at radius 3 is 2.26 bits per heavy atom. The Balaban J connectivity index is 0.00000156. The largest absolute Gasteiger partial charge is 0.289 e. The summed E-state index contributed by atoms with van der Waals surface area (Å²) in [7, 11) is 0. The fraction of sp³-hybridized carbons (Fsp3) is 0.333. The van der Waals surface area contributed by atoms with Crippen LogP contribution < -0.4 is 0 Å². The van der Waals surface area contributed by atoms with E-state index in [1.807, 2.05) is 0 Å². The molecule has 2 unspecified atom stereocenters. The second kappa shape index (κ2) is 7.33. The third-order valence-corrected chi connectivity index (χ3v) is 5.13. The molecule has 2 aromatic carbocycles. The van der Waals surface area contributed by atoms with Gasteiger partial charge in [0, 0.05) is 18.6 Å². The van der Waals surface area contributed by atoms with Crippen LogP contribution in [-0.2, 0) is 6.54 Å². The summed E-state index contributed by atoms with van der Waals surface area (Å²) in [6, 6.07) is 23.2. The van der Waals surface area contributed by atoms with E-state index in [4.69, 9.17) is 0 Å². The van der Waals surface area contributed by atoms with Crippen LogP contribution in [0.4, 0.5) is 0 Å². The molecule has 0 radical (unpaired) electrons. The number of fused-ring (bicyclic) bond motifs is 2. The molecule has 0 N–H and O–H groups in total. The van der Waals surface area contributed by atoms with E-state index >= 15 is 0 Å². The number of hydrogen-bond donors (Lipinski definition) is 0. The summed E-state index contributed by atoms with van der Waals surface area (Å²) in [6.45, 7) is 1.09. The van der Waals surface area contributed by atoms with Gasteiger partial charge in [0.25, 0.3) is 0 Å². The smallest absolute Gasteiger partial charge is 0.0290 e. The van der Waals surface area contributed by atoms with Gasteiger partial charge in [-0.15, -0.1) is 12.4 Å². The van der Waals surface area contributed by atoms with Crippen LogP contribution in [0.15, 0.2) is 66.7 Å². The number of nitrogens with zero attached hydrogens (tertiary/aromatic N) is 1. The van der Waals surface area contributed by atoms with Crippen LogP contribution in [0, 0.1) is 0 Å². The number of rotatable bonds is 3. The van der Waals surface area contributed by atoms with Crippen LogP contribution in [0.25, 0.3) is 5.57 Å². The predicted molar refractivity (Wildman–Crippen MR) is 99.7 cm³/mol. The molecule has 0 aliphatic carbocycles. The van der Waals surface area contributed by atoms with E-state index in [0.717, 1.165) is 6.54 Å². The van der Waals surface area contributed by atoms with E-state index in [1.165, 1.54) is 36.8 Å². The van der Waals surface area contributed by atoms with Gasteiger partial charge < -0.3 is 0 Å². The molecule has 2 heteroatoms. The lowest BCUT2D eigenvalue weighted by atomic mass is 9.82. The Morgan fingerprint density at radius 2 is 1.57 bits per heavy atom. The number of benzene rings is 2. The predicted octanol–water partition coefficient (Wildman–Crippen LogP) is 5.32. The van der Waals surface area contributed by atoms with Gasteiger partial charge in [-0.2, -0.15) is 0 Å². The van der Waals surface area contributed by atoms with Gasteiger partial charge >= 0.3 is 0 Å². The lowest BCUT2D eigenvalue weighted by molar-refractivity contribution is 0.0951. The van der Waals surface area contributed by atoms with Crippen molar-refractivity contribution in [2.75, 3.05) is 0 Å². The highest BCUT2D eigenvalue weighted by Crippen LogP contribution is 2.37. The molecule has 23 heavy (non-hydrogen) atoms. The third-order valence-electron chi connectivity index (χ3n) is 5.13. The molecule has 0 aromatic heterocycles. The lowest BCUT2D eigenvalue weighted by Gasteiger charge is -2.45. The highest BCUT2D eigenvalue weighted by Gasteiger charge is 2.33. The molecule has 2 bridgehead atoms. The van der Waals surface area contributed by atoms with Crippen molar-refractivity contribution < 1.29 is 0 Å². The molecule has 2 atom stereocenters. The van der Waals surface area contributed by atoms with E-state index in [1.54, 1.807) is 5.57 Å². The van der Waals surface area contributed by atoms with Crippen LogP contribution in [-0.4, -0.2) is 17.0 Å². The average molecular weight is 326 g/mol. The molecular formula is C21H24ClN. The topological polar surface area (TPSA) is 3.24 Å². The summed E-state index contributed by atoms with van der Waals surface area (Å²) in [4.78, 5) is 2.73. The minimum absolute atomic E-state index is 0. The standard InChI is InChI=1S/C21H23N.ClH/c1-3-8-17(9-4-1)16-22-20-12-7-13-21(22)15-19(14-20)18-10-5-2-6-11-18;/h1-6,8-11,14,20-21H,7,12-13,15-16H2;1H. The van der Waals surface area contributed by atoms with E-state index in [0.29, 0.717) is 12.1 Å². The van der Waals surface area contributed by atoms with E-state index < -0.39 is 0 Å². The molecule has 1 nitrogen and oxygen atoms in total. The zero-order valence-corrected chi connectivity index (χ0v) is 14.2. The fourth-order valence-corrected chi connectivity index (χ4v) is 4.02. The van der Waals surface area contributed by atoms with Crippen LogP contribution in [0.1, 0.15) is 36.8 Å². The van der Waals surface area contributed by atoms with Gasteiger partial charge in [0.1, 0.15) is 0 Å². The maximum atomic E-state index is 2.73. The van der Waals surface area contributed by atoms with Crippen molar-refractivity contribution in [3.63, 3.8) is 0 Å². The highest BCUT2D eigenvalue weighted by atomic mass is 35.5. The van der Waals surface area contributed by atoms with Gasteiger partial charge in [-0.1, -0.05) is 73.2 Å². The average Bonchev–Trinajstić information content (AvgIpc) is 2.56. The molecule has 2 aliphatic rings. The van der Waals surface area contributed by atoms with Gasteiger partial charge in [0.05, 0.1) is 0 Å². The normalized spacial score (nSPS) is 23.7. The zero-order valence-electron chi connectivity index (χ0n) is 13.4. The summed E-state index contributed by atoms with van der Waals surface area (Å²) in [5.41, 5.74) is 4.41. The minimum Gasteiger partial charge on any atom is -0.289 e. The Labute approximate surface area is 145 Å². The summed E-state index contributed by atoms with van der Waals surface area (Å²) >= 11 is 0. The summed E-state index contributed by atoms with van der Waals surface area (Å²) in [5.74, 6) is 0. The third kappa shape index (κ3) is 3.52. The molecule has 1 fully saturated rings. The van der Waals surface area contributed by atoms with E-state index in [-0.39, 0.29) is 12.4 Å². The first-order chi connectivity index (χ1) is 10.9. The van der Waals surface area contributed by atoms with Crippen molar-refractivity contribution in [3.8, 4) is 0 Å². The quantitative estimate of drug-likeness (QED) is 0.738. The first kappa shape index (κ1) is 16.3. The summed E-state index contributed by atoms with van der Waals surface area (Å²) in [6.07, 6.45) is 7.76. The SMILES string of the molecule is C1=C(c2ccccc2)CC2CCCC1N2Cc1ccccc1.Cl. The van der Waals surface area contributed by atoms with Gasteiger partial charge in [-0.25, -0.2) is 0 Å². The summed E-state index contributed by atoms with van der Waals surface area (Å²) < 4.78 is 0. The van der Waals surface area contributed by atoms with E-state index in [2.05, 4.69) is 71.6 Å². The van der Waals surface area contributed by atoms with Gasteiger partial charge in [0.2, 0.25) is 0 Å². The molecule has 4 rings (SSSR count).